The molecule has 3 aromatic rings. The Balaban J connectivity index is 1.14. The molecule has 0 radical (unpaired) electrons. The Hall–Kier alpha value is -3.35. The van der Waals surface area contributed by atoms with Crippen molar-refractivity contribution in [2.24, 2.45) is 0 Å². The molecule has 6 nitrogen and oxygen atoms in total. The van der Waals surface area contributed by atoms with Crippen molar-refractivity contribution in [3.8, 4) is 0 Å². The van der Waals surface area contributed by atoms with Crippen LogP contribution in [-0.4, -0.2) is 55.0 Å². The first-order valence-electron chi connectivity index (χ1n) is 14.5. The van der Waals surface area contributed by atoms with Crippen molar-refractivity contribution in [1.29, 1.82) is 0 Å². The summed E-state index contributed by atoms with van der Waals surface area (Å²) < 4.78 is 0. The zero-order chi connectivity index (χ0) is 27.5. The van der Waals surface area contributed by atoms with E-state index in [1.165, 1.54) is 40.8 Å². The number of piperazine rings is 1. The predicted octanol–water partition coefficient (Wildman–Crippen LogP) is 4.31. The van der Waals surface area contributed by atoms with Gasteiger partial charge in [0.15, 0.2) is 0 Å². The first-order valence-corrected chi connectivity index (χ1v) is 14.9. The van der Waals surface area contributed by atoms with E-state index in [1.54, 1.807) is 0 Å². The molecular weight excluding hydrogens is 520 g/mol. The van der Waals surface area contributed by atoms with Crippen LogP contribution in [0.5, 0.6) is 0 Å². The van der Waals surface area contributed by atoms with Gasteiger partial charge >= 0.3 is 0 Å². The van der Waals surface area contributed by atoms with E-state index in [0.29, 0.717) is 37.5 Å². The Bertz CT molecular complexity index is 1370. The van der Waals surface area contributed by atoms with Gasteiger partial charge in [-0.25, -0.2) is 0 Å². The van der Waals surface area contributed by atoms with Crippen LogP contribution in [-0.2, 0) is 41.8 Å². The summed E-state index contributed by atoms with van der Waals surface area (Å²) >= 11 is 6.11. The number of fused-ring (bicyclic) bond motifs is 2. The third kappa shape index (κ3) is 5.89. The molecule has 0 saturated carbocycles. The standard InChI is InChI=1S/C33H37ClN4O2/c34-27-14-12-23(13-15-27)20-30(36-32(39)29-21-25-7-1-2-8-26(25)22-35-29)33(40)38-18-16-37(17-19-38)31-11-5-9-24-6-3-4-10-28(24)31/h1-2,5,7-9,11-15,29-30,35H,3-4,6,10,16-22H2,(H,36,39)/t29-,30-/m1/s1. The fourth-order valence-corrected chi connectivity index (χ4v) is 6.54. The van der Waals surface area contributed by atoms with Gasteiger partial charge in [0.05, 0.1) is 6.04 Å². The van der Waals surface area contributed by atoms with Gasteiger partial charge in [-0.1, -0.05) is 60.1 Å². The molecule has 6 rings (SSSR count). The van der Waals surface area contributed by atoms with Crippen LogP contribution < -0.4 is 15.5 Å². The minimum absolute atomic E-state index is 0.0192. The third-order valence-corrected chi connectivity index (χ3v) is 8.92. The van der Waals surface area contributed by atoms with Crippen LogP contribution in [0.15, 0.2) is 66.7 Å². The summed E-state index contributed by atoms with van der Waals surface area (Å²) in [7, 11) is 0. The number of hydrogen-bond acceptors (Lipinski definition) is 4. The van der Waals surface area contributed by atoms with Gasteiger partial charge in [0.25, 0.3) is 0 Å². The van der Waals surface area contributed by atoms with Crippen LogP contribution in [0.25, 0.3) is 0 Å². The molecule has 40 heavy (non-hydrogen) atoms. The van der Waals surface area contributed by atoms with Crippen LogP contribution in [0.4, 0.5) is 5.69 Å². The summed E-state index contributed by atoms with van der Waals surface area (Å²) in [6.45, 7) is 3.53. The lowest BCUT2D eigenvalue weighted by molar-refractivity contribution is -0.137. The average Bonchev–Trinajstić information content (AvgIpc) is 3.01. The van der Waals surface area contributed by atoms with E-state index in [2.05, 4.69) is 45.9 Å². The second kappa shape index (κ2) is 12.0. The summed E-state index contributed by atoms with van der Waals surface area (Å²) in [5.74, 6) is -0.148. The molecule has 2 N–H and O–H groups in total. The van der Waals surface area contributed by atoms with Crippen molar-refractivity contribution in [2.45, 2.75) is 57.2 Å². The van der Waals surface area contributed by atoms with E-state index in [0.717, 1.165) is 31.5 Å². The minimum Gasteiger partial charge on any atom is -0.368 e. The van der Waals surface area contributed by atoms with Crippen LogP contribution in [0, 0.1) is 0 Å². The molecule has 0 spiro atoms. The maximum atomic E-state index is 13.9. The lowest BCUT2D eigenvalue weighted by atomic mass is 9.90. The van der Waals surface area contributed by atoms with Crippen LogP contribution in [0.1, 0.15) is 40.7 Å². The molecule has 0 unspecified atom stereocenters. The quantitative estimate of drug-likeness (QED) is 0.475. The van der Waals surface area contributed by atoms with Crippen LogP contribution in [0.3, 0.4) is 0 Å². The summed E-state index contributed by atoms with van der Waals surface area (Å²) in [4.78, 5) is 31.7. The molecule has 0 aromatic heterocycles. The molecule has 2 aliphatic heterocycles. The number of nitrogens with zero attached hydrogens (tertiary/aromatic N) is 2. The SMILES string of the molecule is O=C(N[C@H](Cc1ccc(Cl)cc1)C(=O)N1CCN(c2cccc3c2CCCC3)CC1)[C@H]1Cc2ccccc2CN1. The van der Waals surface area contributed by atoms with Gasteiger partial charge in [-0.05, 0) is 78.1 Å². The molecule has 2 heterocycles. The number of amides is 2. The maximum Gasteiger partial charge on any atom is 0.245 e. The number of halogens is 1. The molecule has 2 amide bonds. The van der Waals surface area contributed by atoms with Crippen molar-refractivity contribution < 1.29 is 9.59 Å². The van der Waals surface area contributed by atoms with E-state index < -0.39 is 6.04 Å². The normalized spacial score (nSPS) is 19.4. The molecule has 3 aromatic carbocycles. The summed E-state index contributed by atoms with van der Waals surface area (Å²) in [6, 6.07) is 21.4. The van der Waals surface area contributed by atoms with Gasteiger partial charge < -0.3 is 20.4 Å². The van der Waals surface area contributed by atoms with Gasteiger partial charge in [0.2, 0.25) is 11.8 Å². The Morgan fingerprint density at radius 1 is 0.875 bits per heavy atom. The average molecular weight is 557 g/mol. The monoisotopic (exact) mass is 556 g/mol. The zero-order valence-electron chi connectivity index (χ0n) is 22.9. The maximum absolute atomic E-state index is 13.9. The first-order chi connectivity index (χ1) is 19.5. The second-order valence-corrected chi connectivity index (χ2v) is 11.7. The van der Waals surface area contributed by atoms with E-state index in [9.17, 15) is 9.59 Å². The summed E-state index contributed by atoms with van der Waals surface area (Å²) in [5, 5.41) is 7.13. The van der Waals surface area contributed by atoms with Crippen molar-refractivity contribution >= 4 is 29.1 Å². The number of nitrogens with one attached hydrogen (secondary N) is 2. The molecule has 208 valence electrons. The van der Waals surface area contributed by atoms with Crippen LogP contribution in [0.2, 0.25) is 5.02 Å². The highest BCUT2D eigenvalue weighted by atomic mass is 35.5. The Morgan fingerprint density at radius 3 is 2.40 bits per heavy atom. The highest BCUT2D eigenvalue weighted by Crippen LogP contribution is 2.31. The zero-order valence-corrected chi connectivity index (χ0v) is 23.6. The topological polar surface area (TPSA) is 64.7 Å². The van der Waals surface area contributed by atoms with Gasteiger partial charge in [-0.3, -0.25) is 9.59 Å². The number of anilines is 1. The molecule has 1 fully saturated rings. The second-order valence-electron chi connectivity index (χ2n) is 11.2. The lowest BCUT2D eigenvalue weighted by Crippen LogP contribution is -2.58. The fourth-order valence-electron chi connectivity index (χ4n) is 6.41. The number of carbonyl (C=O) groups excluding carboxylic acids is 2. The van der Waals surface area contributed by atoms with Crippen molar-refractivity contribution in [1.82, 2.24) is 15.5 Å². The third-order valence-electron chi connectivity index (χ3n) is 8.67. The van der Waals surface area contributed by atoms with E-state index >= 15 is 0 Å². The Kier molecular flexibility index (Phi) is 8.08. The first kappa shape index (κ1) is 26.9. The molecular formula is C33H37ClN4O2. The van der Waals surface area contributed by atoms with Gasteiger partial charge in [-0.15, -0.1) is 0 Å². The lowest BCUT2D eigenvalue weighted by Gasteiger charge is -2.39. The van der Waals surface area contributed by atoms with Gasteiger partial charge in [0, 0.05) is 49.9 Å². The smallest absolute Gasteiger partial charge is 0.245 e. The highest BCUT2D eigenvalue weighted by molar-refractivity contribution is 6.30. The summed E-state index contributed by atoms with van der Waals surface area (Å²) in [5.41, 5.74) is 7.67. The van der Waals surface area contributed by atoms with Gasteiger partial charge in [0.1, 0.15) is 6.04 Å². The number of rotatable bonds is 6. The minimum atomic E-state index is -0.635. The van der Waals surface area contributed by atoms with Crippen molar-refractivity contribution in [3.05, 3.63) is 99.6 Å². The van der Waals surface area contributed by atoms with Crippen molar-refractivity contribution in [2.75, 3.05) is 31.1 Å². The molecule has 0 bridgehead atoms. The number of benzene rings is 3. The molecule has 3 aliphatic rings. The number of aryl methyl sites for hydroxylation is 1. The Morgan fingerprint density at radius 2 is 1.60 bits per heavy atom. The Labute approximate surface area is 241 Å². The number of carbonyl (C=O) groups is 2. The van der Waals surface area contributed by atoms with E-state index in [4.69, 9.17) is 11.6 Å². The highest BCUT2D eigenvalue weighted by Gasteiger charge is 2.32. The molecule has 1 saturated heterocycles. The van der Waals surface area contributed by atoms with Crippen LogP contribution >= 0.6 is 11.6 Å². The number of hydrogen-bond donors (Lipinski definition) is 2. The van der Waals surface area contributed by atoms with Crippen molar-refractivity contribution in [3.63, 3.8) is 0 Å². The molecule has 2 atom stereocenters. The molecule has 1 aliphatic carbocycles. The predicted molar refractivity (Wildman–Crippen MR) is 160 cm³/mol. The largest absolute Gasteiger partial charge is 0.368 e. The fraction of sp³-hybridized carbons (Fsp3) is 0.394. The van der Waals surface area contributed by atoms with E-state index in [-0.39, 0.29) is 17.9 Å². The molecule has 7 heteroatoms. The van der Waals surface area contributed by atoms with E-state index in [1.807, 2.05) is 41.3 Å². The van der Waals surface area contributed by atoms with Gasteiger partial charge in [-0.2, -0.15) is 0 Å². The summed E-state index contributed by atoms with van der Waals surface area (Å²) in [6.07, 6.45) is 5.86.